The number of benzene rings is 1. The number of nitrogens with zero attached hydrogens (tertiary/aromatic N) is 2. The molecular weight excluding hydrogens is 360 g/mol. The van der Waals surface area contributed by atoms with Crippen LogP contribution in [0.25, 0.3) is 0 Å². The van der Waals surface area contributed by atoms with Crippen molar-refractivity contribution in [1.29, 1.82) is 0 Å². The Morgan fingerprint density at radius 3 is 2.17 bits per heavy atom. The highest BCUT2D eigenvalue weighted by Gasteiger charge is 2.24. The van der Waals surface area contributed by atoms with E-state index in [1.165, 1.54) is 0 Å². The first kappa shape index (κ1) is 15.8. The summed E-state index contributed by atoms with van der Waals surface area (Å²) in [5.74, 6) is 0.343. The predicted octanol–water partition coefficient (Wildman–Crippen LogP) is 3.21. The topological polar surface area (TPSA) is 53.8 Å². The maximum atomic E-state index is 12.3. The van der Waals surface area contributed by atoms with Crippen LogP contribution in [0.2, 0.25) is 0 Å². The zero-order valence-corrected chi connectivity index (χ0v) is 14.4. The Hall–Kier alpha value is -2.08. The lowest BCUT2D eigenvalue weighted by Crippen LogP contribution is -2.48. The van der Waals surface area contributed by atoms with Crippen LogP contribution in [0.4, 0.5) is 5.69 Å². The second-order valence-electron chi connectivity index (χ2n) is 5.49. The average molecular weight is 377 g/mol. The van der Waals surface area contributed by atoms with Gasteiger partial charge in [0.05, 0.1) is 0 Å². The normalized spacial score (nSPS) is 14.9. The van der Waals surface area contributed by atoms with Crippen molar-refractivity contribution in [2.45, 2.75) is 6.92 Å². The zero-order chi connectivity index (χ0) is 16.4. The first-order valence-electron chi connectivity index (χ1n) is 7.45. The Bertz CT molecular complexity index is 716. The van der Waals surface area contributed by atoms with Gasteiger partial charge in [0.25, 0.3) is 5.91 Å². The fraction of sp³-hybridized carbons (Fsp3) is 0.294. The number of carbonyl (C=O) groups is 2. The van der Waals surface area contributed by atoms with Gasteiger partial charge in [0, 0.05) is 37.4 Å². The molecule has 0 bridgehead atoms. The number of halogens is 1. The summed E-state index contributed by atoms with van der Waals surface area (Å²) in [6, 6.07) is 11.0. The van der Waals surface area contributed by atoms with E-state index in [0.717, 1.165) is 18.8 Å². The molecule has 0 atom stereocenters. The molecule has 2 heterocycles. The minimum absolute atomic E-state index is 0.0663. The van der Waals surface area contributed by atoms with Crippen LogP contribution >= 0.6 is 15.9 Å². The maximum absolute atomic E-state index is 12.3. The Labute approximate surface area is 143 Å². The summed E-state index contributed by atoms with van der Waals surface area (Å²) in [7, 11) is 0. The van der Waals surface area contributed by atoms with Gasteiger partial charge in [-0.15, -0.1) is 0 Å². The summed E-state index contributed by atoms with van der Waals surface area (Å²) in [6.07, 6.45) is 0. The molecule has 1 fully saturated rings. The minimum atomic E-state index is -0.0812. The third-order valence-electron chi connectivity index (χ3n) is 3.99. The fourth-order valence-electron chi connectivity index (χ4n) is 2.66. The standard InChI is InChI=1S/C17H17BrN2O3/c1-12(21)13-2-4-14(5-3-13)19-8-10-20(11-9-19)17(22)15-6-7-16(18)23-15/h2-7H,8-11H2,1H3. The molecule has 120 valence electrons. The lowest BCUT2D eigenvalue weighted by atomic mass is 10.1. The number of ketones is 1. The molecule has 1 aromatic heterocycles. The van der Waals surface area contributed by atoms with Gasteiger partial charge in [0.1, 0.15) is 0 Å². The molecular formula is C17H17BrN2O3. The molecule has 1 aliphatic rings. The Morgan fingerprint density at radius 1 is 1.00 bits per heavy atom. The smallest absolute Gasteiger partial charge is 0.289 e. The van der Waals surface area contributed by atoms with E-state index in [4.69, 9.17) is 4.42 Å². The van der Waals surface area contributed by atoms with E-state index in [-0.39, 0.29) is 11.7 Å². The summed E-state index contributed by atoms with van der Waals surface area (Å²) in [5.41, 5.74) is 1.79. The second-order valence-corrected chi connectivity index (χ2v) is 6.27. The molecule has 0 unspecified atom stereocenters. The van der Waals surface area contributed by atoms with Gasteiger partial charge in [0.2, 0.25) is 0 Å². The number of amides is 1. The molecule has 1 aromatic carbocycles. The monoisotopic (exact) mass is 376 g/mol. The second kappa shape index (κ2) is 6.58. The molecule has 0 spiro atoms. The van der Waals surface area contributed by atoms with Crippen LogP contribution in [0.3, 0.4) is 0 Å². The third kappa shape index (κ3) is 3.47. The Kier molecular flexibility index (Phi) is 4.52. The van der Waals surface area contributed by atoms with Crippen LogP contribution in [0.5, 0.6) is 0 Å². The van der Waals surface area contributed by atoms with Crippen molar-refractivity contribution >= 4 is 33.3 Å². The molecule has 23 heavy (non-hydrogen) atoms. The number of furan rings is 1. The predicted molar refractivity (Wildman–Crippen MR) is 91.0 cm³/mol. The molecule has 0 N–H and O–H groups in total. The molecule has 1 amide bonds. The summed E-state index contributed by atoms with van der Waals surface area (Å²) in [4.78, 5) is 27.7. The highest BCUT2D eigenvalue weighted by molar-refractivity contribution is 9.10. The molecule has 0 aliphatic carbocycles. The molecule has 0 radical (unpaired) electrons. The number of rotatable bonds is 3. The zero-order valence-electron chi connectivity index (χ0n) is 12.8. The Balaban J connectivity index is 1.61. The molecule has 3 rings (SSSR count). The van der Waals surface area contributed by atoms with Crippen molar-refractivity contribution in [3.8, 4) is 0 Å². The SMILES string of the molecule is CC(=O)c1ccc(N2CCN(C(=O)c3ccc(Br)o3)CC2)cc1. The molecule has 1 aliphatic heterocycles. The Morgan fingerprint density at radius 2 is 1.65 bits per heavy atom. The number of hydrogen-bond donors (Lipinski definition) is 0. The van der Waals surface area contributed by atoms with Gasteiger partial charge in [-0.05, 0) is 59.3 Å². The van der Waals surface area contributed by atoms with E-state index in [9.17, 15) is 9.59 Å². The van der Waals surface area contributed by atoms with E-state index in [1.54, 1.807) is 24.0 Å². The summed E-state index contributed by atoms with van der Waals surface area (Å²) in [5, 5.41) is 0. The minimum Gasteiger partial charge on any atom is -0.444 e. The van der Waals surface area contributed by atoms with Gasteiger partial charge in [-0.2, -0.15) is 0 Å². The van der Waals surface area contributed by atoms with Gasteiger partial charge in [0.15, 0.2) is 16.2 Å². The fourth-order valence-corrected chi connectivity index (χ4v) is 2.97. The summed E-state index contributed by atoms with van der Waals surface area (Å²) >= 11 is 3.21. The number of carbonyl (C=O) groups excluding carboxylic acids is 2. The van der Waals surface area contributed by atoms with E-state index >= 15 is 0 Å². The van der Waals surface area contributed by atoms with Crippen LogP contribution in [-0.4, -0.2) is 42.8 Å². The number of hydrogen-bond acceptors (Lipinski definition) is 4. The highest BCUT2D eigenvalue weighted by atomic mass is 79.9. The molecule has 2 aromatic rings. The summed E-state index contributed by atoms with van der Waals surface area (Å²) in [6.45, 7) is 4.36. The van der Waals surface area contributed by atoms with Crippen molar-refractivity contribution in [2.24, 2.45) is 0 Å². The van der Waals surface area contributed by atoms with Crippen LogP contribution in [0, 0.1) is 0 Å². The van der Waals surface area contributed by atoms with Gasteiger partial charge >= 0.3 is 0 Å². The molecule has 5 nitrogen and oxygen atoms in total. The highest BCUT2D eigenvalue weighted by Crippen LogP contribution is 2.20. The van der Waals surface area contributed by atoms with Crippen LogP contribution < -0.4 is 4.90 Å². The van der Waals surface area contributed by atoms with Gasteiger partial charge < -0.3 is 14.2 Å². The van der Waals surface area contributed by atoms with Crippen molar-refractivity contribution in [2.75, 3.05) is 31.1 Å². The number of anilines is 1. The van der Waals surface area contributed by atoms with Crippen molar-refractivity contribution in [3.05, 3.63) is 52.4 Å². The van der Waals surface area contributed by atoms with Gasteiger partial charge in [-0.3, -0.25) is 9.59 Å². The first-order chi connectivity index (χ1) is 11.0. The lowest BCUT2D eigenvalue weighted by Gasteiger charge is -2.35. The number of Topliss-reactive ketones (excluding diaryl/α,β-unsaturated/α-hetero) is 1. The number of piperazine rings is 1. The van der Waals surface area contributed by atoms with Crippen molar-refractivity contribution in [1.82, 2.24) is 4.90 Å². The largest absolute Gasteiger partial charge is 0.444 e. The quantitative estimate of drug-likeness (QED) is 0.771. The van der Waals surface area contributed by atoms with Crippen molar-refractivity contribution < 1.29 is 14.0 Å². The van der Waals surface area contributed by atoms with E-state index in [2.05, 4.69) is 20.8 Å². The lowest BCUT2D eigenvalue weighted by molar-refractivity contribution is 0.0713. The van der Waals surface area contributed by atoms with Crippen LogP contribution in [0.1, 0.15) is 27.8 Å². The summed E-state index contributed by atoms with van der Waals surface area (Å²) < 4.78 is 5.89. The van der Waals surface area contributed by atoms with Crippen LogP contribution in [-0.2, 0) is 0 Å². The van der Waals surface area contributed by atoms with Crippen LogP contribution in [0.15, 0.2) is 45.5 Å². The van der Waals surface area contributed by atoms with Gasteiger partial charge in [-0.1, -0.05) is 0 Å². The third-order valence-corrected chi connectivity index (χ3v) is 4.42. The van der Waals surface area contributed by atoms with Gasteiger partial charge in [-0.25, -0.2) is 0 Å². The molecule has 0 saturated carbocycles. The molecule has 1 saturated heterocycles. The maximum Gasteiger partial charge on any atom is 0.289 e. The van der Waals surface area contributed by atoms with E-state index < -0.39 is 0 Å². The van der Waals surface area contributed by atoms with E-state index in [0.29, 0.717) is 29.1 Å². The molecule has 6 heteroatoms. The van der Waals surface area contributed by atoms with Crippen molar-refractivity contribution in [3.63, 3.8) is 0 Å². The van der Waals surface area contributed by atoms with E-state index in [1.807, 2.05) is 24.3 Å². The first-order valence-corrected chi connectivity index (χ1v) is 8.24. The average Bonchev–Trinajstić information content (AvgIpc) is 3.01.